The molecule has 0 aromatic carbocycles. The predicted molar refractivity (Wildman–Crippen MR) is 64.7 cm³/mol. The van der Waals surface area contributed by atoms with E-state index in [2.05, 4.69) is 0 Å². The zero-order chi connectivity index (χ0) is 17.5. The summed E-state index contributed by atoms with van der Waals surface area (Å²) in [7, 11) is 0. The van der Waals surface area contributed by atoms with E-state index in [-0.39, 0.29) is 10.8 Å². The Labute approximate surface area is 124 Å². The summed E-state index contributed by atoms with van der Waals surface area (Å²) in [4.78, 5) is 35.7. The van der Waals surface area contributed by atoms with Crippen LogP contribution in [0.1, 0.15) is 16.5 Å². The number of aliphatic hydroxyl groups excluding tert-OH is 3. The monoisotopic (exact) mass is 340 g/mol. The molecule has 1 aromatic rings. The third-order valence-corrected chi connectivity index (χ3v) is 3.28. The molecule has 2 heterocycles. The maximum atomic E-state index is 12.4. The molecule has 1 aliphatic heterocycles. The Morgan fingerprint density at radius 2 is 1.91 bits per heavy atom. The number of aliphatic hydroxyl groups is 3. The Bertz CT molecular complexity index is 726. The van der Waals surface area contributed by atoms with Crippen molar-refractivity contribution < 1.29 is 38.0 Å². The lowest BCUT2D eigenvalue weighted by atomic mass is 10.0. The van der Waals surface area contributed by atoms with Gasteiger partial charge in [0.05, 0.1) is 12.2 Å². The fourth-order valence-corrected chi connectivity index (χ4v) is 2.13. The summed E-state index contributed by atoms with van der Waals surface area (Å²) in [5.74, 6) is -2.55. The predicted octanol–water partition coefficient (Wildman–Crippen LogP) is -2.11. The summed E-state index contributed by atoms with van der Waals surface area (Å²) in [6.45, 7) is -0.728. The highest BCUT2D eigenvalue weighted by atomic mass is 19.4. The Hall–Kier alpha value is -2.02. The van der Waals surface area contributed by atoms with Crippen molar-refractivity contribution in [3.63, 3.8) is 0 Å². The van der Waals surface area contributed by atoms with Crippen LogP contribution in [0.3, 0.4) is 0 Å². The van der Waals surface area contributed by atoms with Gasteiger partial charge in [-0.05, 0) is 0 Å². The molecule has 12 heteroatoms. The molecule has 0 radical (unpaired) electrons. The van der Waals surface area contributed by atoms with Gasteiger partial charge in [0, 0.05) is 6.20 Å². The summed E-state index contributed by atoms with van der Waals surface area (Å²) in [5, 5.41) is 28.3. The van der Waals surface area contributed by atoms with E-state index >= 15 is 0 Å². The number of aromatic amines is 1. The number of alkyl halides is 3. The molecule has 0 saturated carbocycles. The normalized spacial score (nSPS) is 28.1. The zero-order valence-electron chi connectivity index (χ0n) is 11.1. The fourth-order valence-electron chi connectivity index (χ4n) is 2.13. The lowest BCUT2D eigenvalue weighted by Gasteiger charge is -2.15. The van der Waals surface area contributed by atoms with Crippen molar-refractivity contribution >= 4 is 5.91 Å². The van der Waals surface area contributed by atoms with Gasteiger partial charge >= 0.3 is 17.8 Å². The van der Waals surface area contributed by atoms with Crippen molar-refractivity contribution in [2.75, 3.05) is 6.61 Å². The molecule has 128 valence electrons. The first-order valence-corrected chi connectivity index (χ1v) is 6.17. The highest BCUT2D eigenvalue weighted by Gasteiger charge is 2.45. The molecule has 0 aliphatic carbocycles. The van der Waals surface area contributed by atoms with Gasteiger partial charge in [0.25, 0.3) is 5.56 Å². The van der Waals surface area contributed by atoms with E-state index in [9.17, 15) is 37.8 Å². The molecular weight excluding hydrogens is 329 g/mol. The zero-order valence-corrected chi connectivity index (χ0v) is 11.1. The highest BCUT2D eigenvalue weighted by Crippen LogP contribution is 2.31. The lowest BCUT2D eigenvalue weighted by Crippen LogP contribution is -2.42. The van der Waals surface area contributed by atoms with Crippen molar-refractivity contribution in [1.82, 2.24) is 9.55 Å². The number of ether oxygens (including phenoxy) is 1. The number of H-pyrrole nitrogens is 1. The van der Waals surface area contributed by atoms with Crippen molar-refractivity contribution in [1.29, 1.82) is 0 Å². The number of rotatable bonds is 2. The topological polar surface area (TPSA) is 142 Å². The van der Waals surface area contributed by atoms with E-state index < -0.39 is 59.9 Å². The molecule has 9 nitrogen and oxygen atoms in total. The minimum Gasteiger partial charge on any atom is -0.394 e. The number of carbonyl (C=O) groups is 1. The Morgan fingerprint density at radius 3 is 2.39 bits per heavy atom. The number of halogens is 3. The third kappa shape index (κ3) is 3.06. The van der Waals surface area contributed by atoms with E-state index in [0.717, 1.165) is 0 Å². The maximum Gasteiger partial charge on any atom is 0.472 e. The van der Waals surface area contributed by atoms with Gasteiger partial charge in [0.1, 0.15) is 24.4 Å². The number of nitrogens with one attached hydrogen (secondary N) is 1. The average molecular weight is 340 g/mol. The van der Waals surface area contributed by atoms with Crippen LogP contribution in [-0.2, 0) is 4.74 Å². The van der Waals surface area contributed by atoms with Gasteiger partial charge < -0.3 is 20.1 Å². The molecule has 1 fully saturated rings. The van der Waals surface area contributed by atoms with Crippen molar-refractivity contribution in [3.8, 4) is 0 Å². The Balaban J connectivity index is 2.51. The average Bonchev–Trinajstić information content (AvgIpc) is 2.73. The first kappa shape index (κ1) is 17.3. The standard InChI is InChI=1S/C11H11F3N2O7/c12-11(13,14)9(21)16-1-3(8(20)15-10(16)22)7-6(19)5(18)4(2-17)23-7/h1,4-7,17-19H,2H2,(H,15,20,22)/t4-,5-,6-,7+/m1/s1. The minimum absolute atomic E-state index is 0.289. The maximum absolute atomic E-state index is 12.4. The number of hydrogen-bond acceptors (Lipinski definition) is 7. The van der Waals surface area contributed by atoms with Crippen molar-refractivity contribution in [2.45, 2.75) is 30.6 Å². The molecule has 1 saturated heterocycles. The molecule has 2 rings (SSSR count). The second-order valence-corrected chi connectivity index (χ2v) is 4.78. The molecule has 1 aromatic heterocycles. The number of carbonyl (C=O) groups excluding carboxylic acids is 1. The summed E-state index contributed by atoms with van der Waals surface area (Å²) >= 11 is 0. The molecule has 0 spiro atoms. The Kier molecular flexibility index (Phi) is 4.43. The molecule has 0 bridgehead atoms. The lowest BCUT2D eigenvalue weighted by molar-refractivity contribution is -0.0950. The molecule has 0 amide bonds. The third-order valence-electron chi connectivity index (χ3n) is 3.28. The van der Waals surface area contributed by atoms with Crippen molar-refractivity contribution in [2.24, 2.45) is 0 Å². The van der Waals surface area contributed by atoms with Crippen LogP contribution in [0.2, 0.25) is 0 Å². The van der Waals surface area contributed by atoms with E-state index in [4.69, 9.17) is 9.84 Å². The van der Waals surface area contributed by atoms with Crippen LogP contribution in [0.4, 0.5) is 13.2 Å². The van der Waals surface area contributed by atoms with Gasteiger partial charge in [-0.2, -0.15) is 13.2 Å². The molecule has 23 heavy (non-hydrogen) atoms. The molecule has 4 atom stereocenters. The summed E-state index contributed by atoms with van der Waals surface area (Å²) < 4.78 is 41.9. The van der Waals surface area contributed by atoms with Crippen LogP contribution >= 0.6 is 0 Å². The molecule has 0 unspecified atom stereocenters. The van der Waals surface area contributed by atoms with Crippen molar-refractivity contribution in [3.05, 3.63) is 32.6 Å². The van der Waals surface area contributed by atoms with Crippen LogP contribution in [0.15, 0.2) is 15.8 Å². The van der Waals surface area contributed by atoms with Crippen LogP contribution in [0, 0.1) is 0 Å². The summed E-state index contributed by atoms with van der Waals surface area (Å²) in [6, 6.07) is 0. The first-order valence-electron chi connectivity index (χ1n) is 6.17. The smallest absolute Gasteiger partial charge is 0.394 e. The largest absolute Gasteiger partial charge is 0.472 e. The molecule has 4 N–H and O–H groups in total. The van der Waals surface area contributed by atoms with Gasteiger partial charge in [-0.15, -0.1) is 0 Å². The highest BCUT2D eigenvalue weighted by molar-refractivity contribution is 5.84. The Morgan fingerprint density at radius 1 is 1.30 bits per heavy atom. The molecule has 1 aliphatic rings. The number of hydrogen-bond donors (Lipinski definition) is 4. The van der Waals surface area contributed by atoms with Crippen LogP contribution in [0.25, 0.3) is 0 Å². The van der Waals surface area contributed by atoms with Crippen LogP contribution in [-0.4, -0.2) is 61.9 Å². The fraction of sp³-hybridized carbons (Fsp3) is 0.545. The van der Waals surface area contributed by atoms with Gasteiger partial charge in [-0.25, -0.2) is 9.36 Å². The van der Waals surface area contributed by atoms with E-state index in [1.54, 1.807) is 0 Å². The van der Waals surface area contributed by atoms with Crippen LogP contribution in [0.5, 0.6) is 0 Å². The first-order chi connectivity index (χ1) is 10.6. The van der Waals surface area contributed by atoms with Gasteiger partial charge in [-0.1, -0.05) is 0 Å². The number of aromatic nitrogens is 2. The SMILES string of the molecule is O=C(n1cc([C@@H]2O[C@H](CO)[C@@H](O)[C@H]2O)c(=O)[nH]c1=O)C(F)(F)F. The van der Waals surface area contributed by atoms with E-state index in [0.29, 0.717) is 0 Å². The second kappa shape index (κ2) is 5.88. The van der Waals surface area contributed by atoms with Gasteiger partial charge in [0.2, 0.25) is 0 Å². The van der Waals surface area contributed by atoms with E-state index in [1.807, 2.05) is 0 Å². The summed E-state index contributed by atoms with van der Waals surface area (Å²) in [6.07, 6.45) is -11.4. The second-order valence-electron chi connectivity index (χ2n) is 4.78. The van der Waals surface area contributed by atoms with Crippen LogP contribution < -0.4 is 11.2 Å². The van der Waals surface area contributed by atoms with Gasteiger partial charge in [-0.3, -0.25) is 14.6 Å². The summed E-state index contributed by atoms with van der Waals surface area (Å²) in [5.41, 5.74) is -3.49. The minimum atomic E-state index is -5.37. The number of nitrogens with zero attached hydrogens (tertiary/aromatic N) is 1. The van der Waals surface area contributed by atoms with Gasteiger partial charge in [0.15, 0.2) is 0 Å². The quantitative estimate of drug-likeness (QED) is 0.483. The van der Waals surface area contributed by atoms with E-state index in [1.165, 1.54) is 4.98 Å². The molecular formula is C11H11F3N2O7.